The highest BCUT2D eigenvalue weighted by Gasteiger charge is 2.14. The van der Waals surface area contributed by atoms with Crippen LogP contribution < -0.4 is 5.32 Å². The van der Waals surface area contributed by atoms with E-state index in [2.05, 4.69) is 20.8 Å². The second-order valence-corrected chi connectivity index (χ2v) is 4.68. The van der Waals surface area contributed by atoms with E-state index in [0.29, 0.717) is 12.2 Å². The summed E-state index contributed by atoms with van der Waals surface area (Å²) in [6.45, 7) is 6.14. The van der Waals surface area contributed by atoms with Gasteiger partial charge in [0.2, 0.25) is 5.91 Å². The molecule has 0 aliphatic carbocycles. The average Bonchev–Trinajstić information content (AvgIpc) is 2.74. The van der Waals surface area contributed by atoms with Gasteiger partial charge in [-0.2, -0.15) is 0 Å². The molecule has 0 bridgehead atoms. The van der Waals surface area contributed by atoms with Crippen molar-refractivity contribution in [1.29, 1.82) is 0 Å². The van der Waals surface area contributed by atoms with Crippen molar-refractivity contribution in [3.8, 4) is 0 Å². The molecule has 0 aliphatic heterocycles. The lowest BCUT2D eigenvalue weighted by molar-refractivity contribution is -0.122. The second kappa shape index (κ2) is 7.05. The minimum atomic E-state index is -0.116. The lowest BCUT2D eigenvalue weighted by Gasteiger charge is -2.13. The standard InChI is InChI=1S/C11H21N5O2/c1-8(2)11-13-14-15-16(11)7-10(18)12-9(3)5-4-6-17/h8-9,17H,4-7H2,1-3H3,(H,12,18). The van der Waals surface area contributed by atoms with Crippen molar-refractivity contribution >= 4 is 5.91 Å². The first-order chi connectivity index (χ1) is 8.54. The van der Waals surface area contributed by atoms with Crippen LogP contribution in [0.1, 0.15) is 45.4 Å². The second-order valence-electron chi connectivity index (χ2n) is 4.68. The van der Waals surface area contributed by atoms with Crippen molar-refractivity contribution < 1.29 is 9.90 Å². The van der Waals surface area contributed by atoms with Crippen molar-refractivity contribution in [3.63, 3.8) is 0 Å². The van der Waals surface area contributed by atoms with Crippen molar-refractivity contribution in [1.82, 2.24) is 25.5 Å². The molecule has 0 saturated heterocycles. The van der Waals surface area contributed by atoms with Gasteiger partial charge in [-0.05, 0) is 30.2 Å². The Morgan fingerprint density at radius 3 is 2.78 bits per heavy atom. The Bertz CT molecular complexity index is 377. The number of carbonyl (C=O) groups is 1. The van der Waals surface area contributed by atoms with Crippen LogP contribution in [0.15, 0.2) is 0 Å². The van der Waals surface area contributed by atoms with Crippen LogP contribution >= 0.6 is 0 Å². The molecule has 1 rings (SSSR count). The monoisotopic (exact) mass is 255 g/mol. The lowest BCUT2D eigenvalue weighted by atomic mass is 10.2. The molecule has 1 heterocycles. The van der Waals surface area contributed by atoms with Gasteiger partial charge in [-0.1, -0.05) is 13.8 Å². The van der Waals surface area contributed by atoms with E-state index in [-0.39, 0.29) is 31.0 Å². The summed E-state index contributed by atoms with van der Waals surface area (Å²) in [7, 11) is 0. The summed E-state index contributed by atoms with van der Waals surface area (Å²) < 4.78 is 1.51. The predicted molar refractivity (Wildman–Crippen MR) is 65.8 cm³/mol. The van der Waals surface area contributed by atoms with Gasteiger partial charge in [-0.3, -0.25) is 4.79 Å². The highest BCUT2D eigenvalue weighted by molar-refractivity contribution is 5.75. The number of aliphatic hydroxyl groups is 1. The normalized spacial score (nSPS) is 12.7. The predicted octanol–water partition coefficient (Wildman–Crippen LogP) is 0.0737. The van der Waals surface area contributed by atoms with Crippen LogP contribution in [-0.4, -0.2) is 43.9 Å². The van der Waals surface area contributed by atoms with Gasteiger partial charge in [0.15, 0.2) is 5.82 Å². The molecule has 0 saturated carbocycles. The van der Waals surface area contributed by atoms with Crippen LogP contribution in [0.2, 0.25) is 0 Å². The fraction of sp³-hybridized carbons (Fsp3) is 0.818. The third kappa shape index (κ3) is 4.40. The van der Waals surface area contributed by atoms with Crippen LogP contribution in [0.5, 0.6) is 0 Å². The van der Waals surface area contributed by atoms with E-state index < -0.39 is 0 Å². The molecular formula is C11H21N5O2. The molecule has 7 heteroatoms. The molecule has 7 nitrogen and oxygen atoms in total. The summed E-state index contributed by atoms with van der Waals surface area (Å²) in [5.74, 6) is 0.766. The van der Waals surface area contributed by atoms with Crippen molar-refractivity contribution in [2.75, 3.05) is 6.61 Å². The van der Waals surface area contributed by atoms with E-state index in [9.17, 15) is 4.79 Å². The van der Waals surface area contributed by atoms with Crippen molar-refractivity contribution in [2.45, 2.75) is 52.1 Å². The van der Waals surface area contributed by atoms with Gasteiger partial charge in [-0.15, -0.1) is 5.10 Å². The number of rotatable bonds is 7. The molecular weight excluding hydrogens is 234 g/mol. The molecule has 1 aromatic rings. The molecule has 0 spiro atoms. The molecule has 1 amide bonds. The van der Waals surface area contributed by atoms with Crippen LogP contribution in [0.25, 0.3) is 0 Å². The Labute approximate surface area is 107 Å². The van der Waals surface area contributed by atoms with E-state index in [0.717, 1.165) is 6.42 Å². The Morgan fingerprint density at radius 1 is 1.44 bits per heavy atom. The third-order valence-corrected chi connectivity index (χ3v) is 2.57. The van der Waals surface area contributed by atoms with E-state index in [1.807, 2.05) is 20.8 Å². The molecule has 102 valence electrons. The van der Waals surface area contributed by atoms with Crippen LogP contribution in [-0.2, 0) is 11.3 Å². The topological polar surface area (TPSA) is 92.9 Å². The minimum absolute atomic E-state index is 0.0450. The summed E-state index contributed by atoms with van der Waals surface area (Å²) in [4.78, 5) is 11.8. The number of hydrogen-bond acceptors (Lipinski definition) is 5. The summed E-state index contributed by atoms with van der Waals surface area (Å²) in [5.41, 5.74) is 0. The smallest absolute Gasteiger partial charge is 0.242 e. The molecule has 0 aromatic carbocycles. The zero-order chi connectivity index (χ0) is 13.5. The summed E-state index contributed by atoms with van der Waals surface area (Å²) in [6, 6.07) is 0.0450. The number of nitrogens with zero attached hydrogens (tertiary/aromatic N) is 4. The van der Waals surface area contributed by atoms with Gasteiger partial charge >= 0.3 is 0 Å². The SMILES string of the molecule is CC(CCCO)NC(=O)Cn1nnnc1C(C)C. The van der Waals surface area contributed by atoms with E-state index in [1.165, 1.54) is 4.68 Å². The van der Waals surface area contributed by atoms with Crippen LogP contribution in [0, 0.1) is 0 Å². The first-order valence-electron chi connectivity index (χ1n) is 6.20. The quantitative estimate of drug-likeness (QED) is 0.719. The highest BCUT2D eigenvalue weighted by Crippen LogP contribution is 2.08. The Morgan fingerprint density at radius 2 is 2.17 bits per heavy atom. The molecule has 0 radical (unpaired) electrons. The lowest BCUT2D eigenvalue weighted by Crippen LogP contribution is -2.35. The minimum Gasteiger partial charge on any atom is -0.396 e. The molecule has 1 unspecified atom stereocenters. The van der Waals surface area contributed by atoms with Crippen LogP contribution in [0.3, 0.4) is 0 Å². The fourth-order valence-corrected chi connectivity index (χ4v) is 1.66. The first-order valence-corrected chi connectivity index (χ1v) is 6.20. The molecule has 0 fully saturated rings. The number of aliphatic hydroxyl groups excluding tert-OH is 1. The zero-order valence-corrected chi connectivity index (χ0v) is 11.1. The van der Waals surface area contributed by atoms with Crippen molar-refractivity contribution in [2.24, 2.45) is 0 Å². The zero-order valence-electron chi connectivity index (χ0n) is 11.1. The molecule has 1 aromatic heterocycles. The van der Waals surface area contributed by atoms with Gasteiger partial charge in [0.1, 0.15) is 6.54 Å². The number of carbonyl (C=O) groups excluding carboxylic acids is 1. The van der Waals surface area contributed by atoms with E-state index in [4.69, 9.17) is 5.11 Å². The number of amides is 1. The number of nitrogens with one attached hydrogen (secondary N) is 1. The molecule has 2 N–H and O–H groups in total. The van der Waals surface area contributed by atoms with E-state index in [1.54, 1.807) is 0 Å². The Balaban J connectivity index is 2.46. The molecule has 18 heavy (non-hydrogen) atoms. The van der Waals surface area contributed by atoms with Gasteiger partial charge in [0.25, 0.3) is 0 Å². The molecule has 0 aliphatic rings. The summed E-state index contributed by atoms with van der Waals surface area (Å²) >= 11 is 0. The van der Waals surface area contributed by atoms with Gasteiger partial charge in [0, 0.05) is 18.6 Å². The van der Waals surface area contributed by atoms with Crippen LogP contribution in [0.4, 0.5) is 0 Å². The number of tetrazole rings is 1. The van der Waals surface area contributed by atoms with Gasteiger partial charge in [-0.25, -0.2) is 4.68 Å². The number of aromatic nitrogens is 4. The maximum absolute atomic E-state index is 11.8. The maximum atomic E-state index is 11.8. The van der Waals surface area contributed by atoms with E-state index >= 15 is 0 Å². The Kier molecular flexibility index (Phi) is 5.70. The average molecular weight is 255 g/mol. The summed E-state index contributed by atoms with van der Waals surface area (Å²) in [6.07, 6.45) is 1.44. The van der Waals surface area contributed by atoms with Gasteiger partial charge in [0.05, 0.1) is 0 Å². The number of hydrogen-bond donors (Lipinski definition) is 2. The maximum Gasteiger partial charge on any atom is 0.242 e. The van der Waals surface area contributed by atoms with Gasteiger partial charge < -0.3 is 10.4 Å². The molecule has 1 atom stereocenters. The largest absolute Gasteiger partial charge is 0.396 e. The highest BCUT2D eigenvalue weighted by atomic mass is 16.3. The third-order valence-electron chi connectivity index (χ3n) is 2.57. The fourth-order valence-electron chi connectivity index (χ4n) is 1.66. The van der Waals surface area contributed by atoms with Crippen molar-refractivity contribution in [3.05, 3.63) is 5.82 Å². The summed E-state index contributed by atoms with van der Waals surface area (Å²) in [5, 5.41) is 22.8. The Hall–Kier alpha value is -1.50. The first kappa shape index (κ1) is 14.6.